The van der Waals surface area contributed by atoms with E-state index in [0.29, 0.717) is 11.6 Å². The average Bonchev–Trinajstić information content (AvgIpc) is 2.50. The second-order valence-electron chi connectivity index (χ2n) is 3.17. The maximum absolute atomic E-state index is 11.3. The van der Waals surface area contributed by atoms with Crippen LogP contribution < -0.4 is 0 Å². The molecule has 0 aromatic heterocycles. The lowest BCUT2D eigenvalue weighted by molar-refractivity contribution is -0.145. The predicted octanol–water partition coefficient (Wildman–Crippen LogP) is 1.38. The summed E-state index contributed by atoms with van der Waals surface area (Å²) in [5.74, 6) is -0.171. The molecule has 0 spiro atoms. The van der Waals surface area contributed by atoms with Crippen LogP contribution in [0.1, 0.15) is 12.8 Å². The fourth-order valence-corrected chi connectivity index (χ4v) is 1.79. The molecule has 1 aliphatic rings. The van der Waals surface area contributed by atoms with Crippen LogP contribution in [0.25, 0.3) is 0 Å². The molecule has 1 fully saturated rings. The van der Waals surface area contributed by atoms with Crippen molar-refractivity contribution in [2.45, 2.75) is 18.9 Å². The van der Waals surface area contributed by atoms with E-state index in [1.165, 1.54) is 7.11 Å². The molecule has 1 atom stereocenters. The van der Waals surface area contributed by atoms with E-state index >= 15 is 0 Å². The fourth-order valence-electron chi connectivity index (χ4n) is 1.64. The number of hydrogen-bond donors (Lipinski definition) is 0. The zero-order chi connectivity index (χ0) is 9.84. The minimum atomic E-state index is -0.171. The van der Waals surface area contributed by atoms with E-state index in [1.807, 2.05) is 4.90 Å². The van der Waals surface area contributed by atoms with Gasteiger partial charge in [-0.2, -0.15) is 0 Å². The molecule has 0 aromatic carbocycles. The third kappa shape index (κ3) is 2.71. The highest BCUT2D eigenvalue weighted by Crippen LogP contribution is 2.19. The van der Waals surface area contributed by atoms with E-state index in [2.05, 4.69) is 6.58 Å². The Morgan fingerprint density at radius 3 is 3.00 bits per heavy atom. The van der Waals surface area contributed by atoms with Crippen LogP contribution in [0.2, 0.25) is 0 Å². The number of methoxy groups -OCH3 is 1. The number of halogens is 1. The van der Waals surface area contributed by atoms with Crippen LogP contribution in [0.15, 0.2) is 11.6 Å². The monoisotopic (exact) mass is 203 g/mol. The van der Waals surface area contributed by atoms with Crippen molar-refractivity contribution in [3.8, 4) is 0 Å². The van der Waals surface area contributed by atoms with Gasteiger partial charge >= 0.3 is 5.97 Å². The first-order valence-electron chi connectivity index (χ1n) is 4.30. The molecule has 1 saturated heterocycles. The van der Waals surface area contributed by atoms with Crippen molar-refractivity contribution < 1.29 is 9.53 Å². The maximum Gasteiger partial charge on any atom is 0.323 e. The minimum Gasteiger partial charge on any atom is -0.468 e. The van der Waals surface area contributed by atoms with Crippen LogP contribution in [0.5, 0.6) is 0 Å². The molecule has 0 aliphatic carbocycles. The van der Waals surface area contributed by atoms with Gasteiger partial charge in [-0.15, -0.1) is 0 Å². The van der Waals surface area contributed by atoms with Gasteiger partial charge in [0.2, 0.25) is 0 Å². The van der Waals surface area contributed by atoms with Gasteiger partial charge in [0.15, 0.2) is 0 Å². The van der Waals surface area contributed by atoms with Gasteiger partial charge in [0.05, 0.1) is 7.11 Å². The molecule has 4 heteroatoms. The van der Waals surface area contributed by atoms with Crippen molar-refractivity contribution >= 4 is 17.6 Å². The molecule has 3 nitrogen and oxygen atoms in total. The van der Waals surface area contributed by atoms with Crippen LogP contribution in [0, 0.1) is 0 Å². The number of likely N-dealkylation sites (tertiary alicyclic amines) is 1. The maximum atomic E-state index is 11.3. The van der Waals surface area contributed by atoms with E-state index in [4.69, 9.17) is 16.3 Å². The Balaban J connectivity index is 2.53. The Morgan fingerprint density at radius 2 is 2.46 bits per heavy atom. The number of hydrogen-bond acceptors (Lipinski definition) is 3. The lowest BCUT2D eigenvalue weighted by Crippen LogP contribution is -2.37. The van der Waals surface area contributed by atoms with E-state index < -0.39 is 0 Å². The molecule has 0 aromatic rings. The second-order valence-corrected chi connectivity index (χ2v) is 3.70. The summed E-state index contributed by atoms with van der Waals surface area (Å²) in [6.45, 7) is 5.07. The molecular weight excluding hydrogens is 190 g/mol. The van der Waals surface area contributed by atoms with Gasteiger partial charge in [-0.3, -0.25) is 9.69 Å². The highest BCUT2D eigenvalue weighted by Gasteiger charge is 2.31. The topological polar surface area (TPSA) is 29.5 Å². The quantitative estimate of drug-likeness (QED) is 0.649. The number of nitrogens with zero attached hydrogens (tertiary/aromatic N) is 1. The van der Waals surface area contributed by atoms with E-state index in [1.54, 1.807) is 0 Å². The van der Waals surface area contributed by atoms with Crippen molar-refractivity contribution in [2.24, 2.45) is 0 Å². The molecular formula is C9H14ClNO2. The zero-order valence-electron chi connectivity index (χ0n) is 7.75. The molecule has 0 radical (unpaired) electrons. The number of carbonyl (C=O) groups excluding carboxylic acids is 1. The van der Waals surface area contributed by atoms with Crippen LogP contribution in [-0.2, 0) is 9.53 Å². The summed E-state index contributed by atoms with van der Waals surface area (Å²) in [5.41, 5.74) is 0. The number of rotatable bonds is 3. The Morgan fingerprint density at radius 1 is 1.77 bits per heavy atom. The summed E-state index contributed by atoms with van der Waals surface area (Å²) >= 11 is 5.68. The molecule has 1 heterocycles. The van der Waals surface area contributed by atoms with Gasteiger partial charge in [-0.25, -0.2) is 0 Å². The zero-order valence-corrected chi connectivity index (χ0v) is 8.51. The molecule has 0 saturated carbocycles. The molecule has 1 aliphatic heterocycles. The molecule has 0 N–H and O–H groups in total. The van der Waals surface area contributed by atoms with E-state index in [0.717, 1.165) is 19.4 Å². The standard InChI is InChI=1S/C9H14ClNO2/c1-7(10)6-11-5-3-4-8(11)9(12)13-2/h8H,1,3-6H2,2H3/t8-/m0/s1. The number of carbonyl (C=O) groups is 1. The first-order chi connectivity index (χ1) is 6.15. The summed E-state index contributed by atoms with van der Waals surface area (Å²) in [7, 11) is 1.41. The van der Waals surface area contributed by atoms with Crippen molar-refractivity contribution in [1.82, 2.24) is 4.90 Å². The van der Waals surface area contributed by atoms with E-state index in [-0.39, 0.29) is 12.0 Å². The molecule has 0 amide bonds. The van der Waals surface area contributed by atoms with Gasteiger partial charge in [-0.05, 0) is 19.4 Å². The highest BCUT2D eigenvalue weighted by atomic mass is 35.5. The van der Waals surface area contributed by atoms with Crippen LogP contribution in [0.3, 0.4) is 0 Å². The van der Waals surface area contributed by atoms with Gasteiger partial charge in [0, 0.05) is 11.6 Å². The van der Waals surface area contributed by atoms with Gasteiger partial charge in [0.1, 0.15) is 6.04 Å². The second kappa shape index (κ2) is 4.63. The SMILES string of the molecule is C=C(Cl)CN1CCC[C@H]1C(=O)OC. The predicted molar refractivity (Wildman–Crippen MR) is 51.6 cm³/mol. The summed E-state index contributed by atoms with van der Waals surface area (Å²) in [5, 5.41) is 0.566. The minimum absolute atomic E-state index is 0.125. The summed E-state index contributed by atoms with van der Waals surface area (Å²) in [6, 6.07) is -0.125. The average molecular weight is 204 g/mol. The largest absolute Gasteiger partial charge is 0.468 e. The Kier molecular flexibility index (Phi) is 3.75. The van der Waals surface area contributed by atoms with Crippen LogP contribution >= 0.6 is 11.6 Å². The first-order valence-corrected chi connectivity index (χ1v) is 4.68. The summed E-state index contributed by atoms with van der Waals surface area (Å²) in [6.07, 6.45) is 1.88. The lowest BCUT2D eigenvalue weighted by atomic mass is 10.2. The Labute approximate surface area is 83.3 Å². The van der Waals surface area contributed by atoms with E-state index in [9.17, 15) is 4.79 Å². The third-order valence-electron chi connectivity index (χ3n) is 2.21. The van der Waals surface area contributed by atoms with Gasteiger partial charge < -0.3 is 4.74 Å². The summed E-state index contributed by atoms with van der Waals surface area (Å²) < 4.78 is 4.69. The highest BCUT2D eigenvalue weighted by molar-refractivity contribution is 6.29. The molecule has 0 unspecified atom stereocenters. The molecule has 1 rings (SSSR count). The smallest absolute Gasteiger partial charge is 0.323 e. The third-order valence-corrected chi connectivity index (χ3v) is 2.33. The molecule has 0 bridgehead atoms. The van der Waals surface area contributed by atoms with Crippen LogP contribution in [0.4, 0.5) is 0 Å². The summed E-state index contributed by atoms with van der Waals surface area (Å²) in [4.78, 5) is 13.3. The lowest BCUT2D eigenvalue weighted by Gasteiger charge is -2.21. The van der Waals surface area contributed by atoms with Crippen LogP contribution in [-0.4, -0.2) is 37.1 Å². The normalized spacial score (nSPS) is 23.1. The first kappa shape index (κ1) is 10.5. The van der Waals surface area contributed by atoms with Crippen molar-refractivity contribution in [3.63, 3.8) is 0 Å². The fraction of sp³-hybridized carbons (Fsp3) is 0.667. The Hall–Kier alpha value is -0.540. The number of ether oxygens (including phenoxy) is 1. The van der Waals surface area contributed by atoms with Crippen molar-refractivity contribution in [1.29, 1.82) is 0 Å². The Bertz CT molecular complexity index is 218. The molecule has 74 valence electrons. The number of esters is 1. The van der Waals surface area contributed by atoms with Crippen molar-refractivity contribution in [2.75, 3.05) is 20.2 Å². The van der Waals surface area contributed by atoms with Crippen molar-refractivity contribution in [3.05, 3.63) is 11.6 Å². The van der Waals surface area contributed by atoms with Gasteiger partial charge in [0.25, 0.3) is 0 Å². The molecule has 13 heavy (non-hydrogen) atoms. The van der Waals surface area contributed by atoms with Gasteiger partial charge in [-0.1, -0.05) is 18.2 Å².